The lowest BCUT2D eigenvalue weighted by Crippen LogP contribution is -2.17. The number of amides is 1. The highest BCUT2D eigenvalue weighted by Crippen LogP contribution is 2.27. The van der Waals surface area contributed by atoms with Crippen LogP contribution in [0.15, 0.2) is 18.2 Å². The maximum absolute atomic E-state index is 13.0. The van der Waals surface area contributed by atoms with E-state index in [2.05, 4.69) is 9.97 Å². The molecule has 1 aromatic carbocycles. The maximum atomic E-state index is 13.0. The van der Waals surface area contributed by atoms with Crippen molar-refractivity contribution in [3.8, 4) is 11.4 Å². The van der Waals surface area contributed by atoms with E-state index in [0.717, 1.165) is 6.07 Å². The molecule has 1 amide bonds. The Kier molecular flexibility index (Phi) is 3.35. The van der Waals surface area contributed by atoms with Gasteiger partial charge in [0, 0.05) is 5.56 Å². The molecule has 0 saturated heterocycles. The van der Waals surface area contributed by atoms with E-state index < -0.39 is 11.7 Å². The van der Waals surface area contributed by atoms with E-state index in [1.807, 2.05) is 0 Å². The van der Waals surface area contributed by atoms with Crippen molar-refractivity contribution in [2.45, 2.75) is 6.92 Å². The fraction of sp³-hybridized carbons (Fsp3) is 0.0833. The van der Waals surface area contributed by atoms with Gasteiger partial charge in [0.15, 0.2) is 5.82 Å². The minimum atomic E-state index is -0.702. The largest absolute Gasteiger partial charge is 0.383 e. The second kappa shape index (κ2) is 4.81. The van der Waals surface area contributed by atoms with Crippen LogP contribution >= 0.6 is 11.6 Å². The van der Waals surface area contributed by atoms with Crippen LogP contribution in [0.3, 0.4) is 0 Å². The third kappa shape index (κ3) is 2.48. The van der Waals surface area contributed by atoms with Crippen LogP contribution in [0.1, 0.15) is 16.1 Å². The van der Waals surface area contributed by atoms with Crippen LogP contribution in [0.2, 0.25) is 5.02 Å². The number of nitrogens with two attached hydrogens (primary N) is 2. The van der Waals surface area contributed by atoms with Crippen molar-refractivity contribution in [1.82, 2.24) is 9.97 Å². The molecule has 7 heteroatoms. The molecule has 0 aliphatic heterocycles. The molecule has 2 rings (SSSR count). The monoisotopic (exact) mass is 280 g/mol. The summed E-state index contributed by atoms with van der Waals surface area (Å²) in [4.78, 5) is 19.3. The molecule has 5 nitrogen and oxygen atoms in total. The summed E-state index contributed by atoms with van der Waals surface area (Å²) in [5.74, 6) is -0.987. The topological polar surface area (TPSA) is 94.9 Å². The molecule has 4 N–H and O–H groups in total. The van der Waals surface area contributed by atoms with Gasteiger partial charge in [-0.05, 0) is 25.1 Å². The number of nitrogen functional groups attached to an aromatic ring is 1. The van der Waals surface area contributed by atoms with Gasteiger partial charge in [-0.15, -0.1) is 0 Å². The van der Waals surface area contributed by atoms with Crippen molar-refractivity contribution in [2.75, 3.05) is 5.73 Å². The zero-order chi connectivity index (χ0) is 14.2. The van der Waals surface area contributed by atoms with Crippen LogP contribution in [0.4, 0.5) is 10.2 Å². The summed E-state index contributed by atoms with van der Waals surface area (Å²) < 4.78 is 13.0. The lowest BCUT2D eigenvalue weighted by molar-refractivity contribution is 0.1000. The molecule has 1 aromatic heterocycles. The number of aryl methyl sites for hydroxylation is 1. The van der Waals surface area contributed by atoms with Crippen molar-refractivity contribution in [2.24, 2.45) is 5.73 Å². The molecular weight excluding hydrogens is 271 g/mol. The normalized spacial score (nSPS) is 10.5. The molecule has 19 heavy (non-hydrogen) atoms. The predicted molar refractivity (Wildman–Crippen MR) is 70.1 cm³/mol. The first kappa shape index (κ1) is 13.2. The number of hydrogen-bond donors (Lipinski definition) is 2. The summed E-state index contributed by atoms with van der Waals surface area (Å²) in [6, 6.07) is 3.82. The van der Waals surface area contributed by atoms with E-state index in [1.165, 1.54) is 12.1 Å². The van der Waals surface area contributed by atoms with Gasteiger partial charge >= 0.3 is 0 Å². The number of carbonyl (C=O) groups is 1. The second-order valence-electron chi connectivity index (χ2n) is 3.88. The summed E-state index contributed by atoms with van der Waals surface area (Å²) in [5.41, 5.74) is 11.7. The molecule has 0 radical (unpaired) electrons. The molecule has 0 bridgehead atoms. The van der Waals surface area contributed by atoms with Gasteiger partial charge in [-0.3, -0.25) is 4.79 Å². The lowest BCUT2D eigenvalue weighted by Gasteiger charge is -2.08. The first-order valence-corrected chi connectivity index (χ1v) is 5.67. The average Bonchev–Trinajstić information content (AvgIpc) is 2.26. The van der Waals surface area contributed by atoms with Crippen molar-refractivity contribution in [3.05, 3.63) is 40.3 Å². The summed E-state index contributed by atoms with van der Waals surface area (Å²) in [6.45, 7) is 1.58. The number of benzene rings is 1. The minimum Gasteiger partial charge on any atom is -0.383 e. The van der Waals surface area contributed by atoms with Gasteiger partial charge in [-0.25, -0.2) is 14.4 Å². The fourth-order valence-electron chi connectivity index (χ4n) is 1.69. The maximum Gasteiger partial charge on any atom is 0.254 e. The van der Waals surface area contributed by atoms with Gasteiger partial charge in [0.25, 0.3) is 5.91 Å². The van der Waals surface area contributed by atoms with Crippen LogP contribution in [0, 0.1) is 12.7 Å². The number of primary amides is 1. The van der Waals surface area contributed by atoms with Crippen LogP contribution in [-0.4, -0.2) is 15.9 Å². The third-order valence-corrected chi connectivity index (χ3v) is 2.85. The smallest absolute Gasteiger partial charge is 0.254 e. The number of rotatable bonds is 2. The van der Waals surface area contributed by atoms with Gasteiger partial charge < -0.3 is 11.5 Å². The number of aromatic nitrogens is 2. The number of halogens is 2. The highest BCUT2D eigenvalue weighted by molar-refractivity contribution is 6.33. The third-order valence-electron chi connectivity index (χ3n) is 2.54. The minimum absolute atomic E-state index is 0.0320. The Morgan fingerprint density at radius 2 is 2.05 bits per heavy atom. The quantitative estimate of drug-likeness (QED) is 0.878. The molecule has 0 spiro atoms. The standard InChI is InChI=1S/C12H10ClFN4O/c1-5-9(11(16)19)10(15)18-12(17-5)7-3-2-6(14)4-8(7)13/h2-4H,1H3,(H2,16,19)(H2,15,17,18). The Morgan fingerprint density at radius 3 is 2.58 bits per heavy atom. The van der Waals surface area contributed by atoms with E-state index in [0.29, 0.717) is 11.3 Å². The summed E-state index contributed by atoms with van der Waals surface area (Å²) >= 11 is 5.92. The zero-order valence-electron chi connectivity index (χ0n) is 9.95. The molecule has 0 aliphatic carbocycles. The lowest BCUT2D eigenvalue weighted by atomic mass is 10.1. The number of anilines is 1. The summed E-state index contributed by atoms with van der Waals surface area (Å²) in [7, 11) is 0. The SMILES string of the molecule is Cc1nc(-c2ccc(F)cc2Cl)nc(N)c1C(N)=O. The van der Waals surface area contributed by atoms with Crippen molar-refractivity contribution in [3.63, 3.8) is 0 Å². The highest BCUT2D eigenvalue weighted by atomic mass is 35.5. The van der Waals surface area contributed by atoms with Gasteiger partial charge in [0.1, 0.15) is 17.2 Å². The molecule has 1 heterocycles. The van der Waals surface area contributed by atoms with Crippen LogP contribution in [0.5, 0.6) is 0 Å². The molecule has 0 atom stereocenters. The predicted octanol–water partition coefficient (Wildman–Crippen LogP) is 1.93. The Morgan fingerprint density at radius 1 is 1.37 bits per heavy atom. The number of nitrogens with zero attached hydrogens (tertiary/aromatic N) is 2. The molecule has 98 valence electrons. The Hall–Kier alpha value is -2.21. The van der Waals surface area contributed by atoms with Gasteiger partial charge in [-0.2, -0.15) is 0 Å². The van der Waals surface area contributed by atoms with Gasteiger partial charge in [0.2, 0.25) is 0 Å². The van der Waals surface area contributed by atoms with E-state index in [-0.39, 0.29) is 22.2 Å². The van der Waals surface area contributed by atoms with Crippen LogP contribution in [-0.2, 0) is 0 Å². The molecule has 0 aliphatic rings. The first-order valence-electron chi connectivity index (χ1n) is 5.29. The molecule has 0 unspecified atom stereocenters. The van der Waals surface area contributed by atoms with E-state index in [1.54, 1.807) is 6.92 Å². The molecule has 2 aromatic rings. The molecule has 0 fully saturated rings. The summed E-state index contributed by atoms with van der Waals surface area (Å²) in [6.07, 6.45) is 0. The zero-order valence-corrected chi connectivity index (χ0v) is 10.7. The fourth-order valence-corrected chi connectivity index (χ4v) is 1.94. The average molecular weight is 281 g/mol. The molecule has 0 saturated carbocycles. The van der Waals surface area contributed by atoms with Crippen molar-refractivity contribution in [1.29, 1.82) is 0 Å². The van der Waals surface area contributed by atoms with Crippen molar-refractivity contribution >= 4 is 23.3 Å². The van der Waals surface area contributed by atoms with Crippen LogP contribution < -0.4 is 11.5 Å². The summed E-state index contributed by atoms with van der Waals surface area (Å²) in [5, 5.41) is 0.158. The number of hydrogen-bond acceptors (Lipinski definition) is 4. The Bertz CT molecular complexity index is 652. The Labute approximate surface area is 113 Å². The number of carbonyl (C=O) groups excluding carboxylic acids is 1. The van der Waals surface area contributed by atoms with E-state index >= 15 is 0 Å². The molecular formula is C12H10ClFN4O. The first-order chi connectivity index (χ1) is 8.90. The van der Waals surface area contributed by atoms with Crippen molar-refractivity contribution < 1.29 is 9.18 Å². The van der Waals surface area contributed by atoms with Gasteiger partial charge in [0.05, 0.1) is 10.7 Å². The van der Waals surface area contributed by atoms with E-state index in [9.17, 15) is 9.18 Å². The van der Waals surface area contributed by atoms with E-state index in [4.69, 9.17) is 23.1 Å². The second-order valence-corrected chi connectivity index (χ2v) is 4.29. The highest BCUT2D eigenvalue weighted by Gasteiger charge is 2.16. The Balaban J connectivity index is 2.61. The van der Waals surface area contributed by atoms with Crippen LogP contribution in [0.25, 0.3) is 11.4 Å². The van der Waals surface area contributed by atoms with Gasteiger partial charge in [-0.1, -0.05) is 11.6 Å².